The van der Waals surface area contributed by atoms with E-state index in [9.17, 15) is 14.8 Å². The van der Waals surface area contributed by atoms with Gasteiger partial charge in [0.2, 0.25) is 0 Å². The van der Waals surface area contributed by atoms with E-state index in [0.29, 0.717) is 35.1 Å². The molecular formula is C32H36N2O7P+. The smallest absolute Gasteiger partial charge is 0.504 e. The molecule has 0 radical (unpaired) electrons. The molecule has 2 unspecified atom stereocenters. The molecule has 2 heterocycles. The van der Waals surface area contributed by atoms with Crippen LogP contribution >= 0.6 is 8.25 Å². The SMILES string of the molecule is COc1cc(C(Cc2ccc(C)nc2)O[P+](=O)OC(Cc2ccc(C)nc2)c2cc(C)c(O)c(OC)c2)cc(C)c1O. The van der Waals surface area contributed by atoms with Crippen LogP contribution in [0.1, 0.15) is 57.0 Å². The van der Waals surface area contributed by atoms with Crippen LogP contribution in [0.5, 0.6) is 23.0 Å². The van der Waals surface area contributed by atoms with Crippen LogP contribution in [0, 0.1) is 27.7 Å². The third kappa shape index (κ3) is 7.62. The Labute approximate surface area is 247 Å². The number of aromatic nitrogens is 2. The second-order valence-corrected chi connectivity index (χ2v) is 11.1. The maximum absolute atomic E-state index is 13.6. The molecule has 2 atom stereocenters. The van der Waals surface area contributed by atoms with Gasteiger partial charge in [-0.25, -0.2) is 0 Å². The summed E-state index contributed by atoms with van der Waals surface area (Å²) in [7, 11) is 0.273. The molecule has 0 saturated carbocycles. The van der Waals surface area contributed by atoms with E-state index in [1.54, 1.807) is 50.5 Å². The van der Waals surface area contributed by atoms with Gasteiger partial charge in [-0.05, 0) is 97.5 Å². The summed E-state index contributed by atoms with van der Waals surface area (Å²) in [6.45, 7) is 7.32. The summed E-state index contributed by atoms with van der Waals surface area (Å²) in [6.07, 6.45) is 2.80. The summed E-state index contributed by atoms with van der Waals surface area (Å²) < 4.78 is 36.6. The van der Waals surface area contributed by atoms with Crippen molar-refractivity contribution < 1.29 is 33.3 Å². The van der Waals surface area contributed by atoms with Crippen LogP contribution in [0.4, 0.5) is 0 Å². The molecule has 0 saturated heterocycles. The minimum absolute atomic E-state index is 0.0288. The summed E-state index contributed by atoms with van der Waals surface area (Å²) in [5, 5.41) is 20.8. The van der Waals surface area contributed by atoms with Crippen LogP contribution < -0.4 is 9.47 Å². The normalized spacial score (nSPS) is 13.0. The molecule has 2 aromatic carbocycles. The second-order valence-electron chi connectivity index (χ2n) is 10.2. The average Bonchev–Trinajstić information content (AvgIpc) is 2.97. The first kappa shape index (κ1) is 30.9. The van der Waals surface area contributed by atoms with Crippen molar-refractivity contribution >= 4 is 8.25 Å². The average molecular weight is 592 g/mol. The zero-order valence-electron chi connectivity index (χ0n) is 24.6. The monoisotopic (exact) mass is 591 g/mol. The van der Waals surface area contributed by atoms with Crippen molar-refractivity contribution in [3.05, 3.63) is 106 Å². The summed E-state index contributed by atoms with van der Waals surface area (Å²) in [5.74, 6) is 0.628. The lowest BCUT2D eigenvalue weighted by atomic mass is 10.00. The van der Waals surface area contributed by atoms with E-state index in [-0.39, 0.29) is 23.0 Å². The van der Waals surface area contributed by atoms with E-state index in [2.05, 4.69) is 9.97 Å². The Morgan fingerprint density at radius 1 is 0.690 bits per heavy atom. The van der Waals surface area contributed by atoms with Crippen molar-refractivity contribution in [1.82, 2.24) is 9.97 Å². The van der Waals surface area contributed by atoms with Crippen molar-refractivity contribution in [2.45, 2.75) is 52.7 Å². The van der Waals surface area contributed by atoms with Gasteiger partial charge in [-0.1, -0.05) is 12.1 Å². The van der Waals surface area contributed by atoms with Gasteiger partial charge in [0.1, 0.15) is 12.2 Å². The first-order valence-electron chi connectivity index (χ1n) is 13.5. The summed E-state index contributed by atoms with van der Waals surface area (Å²) >= 11 is 0. The van der Waals surface area contributed by atoms with Gasteiger partial charge in [0.15, 0.2) is 23.0 Å². The lowest BCUT2D eigenvalue weighted by Crippen LogP contribution is -2.09. The molecule has 0 fully saturated rings. The fraction of sp³-hybridized carbons (Fsp3) is 0.312. The summed E-state index contributed by atoms with van der Waals surface area (Å²) in [4.78, 5) is 8.76. The number of aryl methyl sites for hydroxylation is 4. The lowest BCUT2D eigenvalue weighted by molar-refractivity contribution is 0.129. The molecular weight excluding hydrogens is 555 g/mol. The molecule has 4 aromatic rings. The molecule has 0 aliphatic carbocycles. The predicted molar refractivity (Wildman–Crippen MR) is 159 cm³/mol. The standard InChI is InChI=1S/C32H35N2O7P/c1-19-11-25(15-29(38-5)31(19)35)27(13-23-9-7-21(3)33-17-23)40-42(37)41-28(14-24-10-8-22(4)34-18-24)26-12-20(2)32(36)30(16-26)39-6/h7-12,15-18,27-28H,13-14H2,1-6H3,(H-,35,36)/p+1. The van der Waals surface area contributed by atoms with Crippen LogP contribution in [-0.2, 0) is 26.5 Å². The minimum atomic E-state index is -2.67. The van der Waals surface area contributed by atoms with Crippen molar-refractivity contribution in [1.29, 1.82) is 0 Å². The van der Waals surface area contributed by atoms with Gasteiger partial charge in [-0.2, -0.15) is 0 Å². The number of hydrogen-bond acceptors (Lipinski definition) is 9. The van der Waals surface area contributed by atoms with Gasteiger partial charge in [0, 0.05) is 41.2 Å². The fourth-order valence-corrected chi connectivity index (χ4v) is 5.42. The molecule has 10 heteroatoms. The Morgan fingerprint density at radius 2 is 1.10 bits per heavy atom. The van der Waals surface area contributed by atoms with Crippen molar-refractivity contribution in [3.63, 3.8) is 0 Å². The zero-order valence-corrected chi connectivity index (χ0v) is 25.5. The first-order valence-corrected chi connectivity index (χ1v) is 14.6. The lowest BCUT2D eigenvalue weighted by Gasteiger charge is -2.17. The molecule has 42 heavy (non-hydrogen) atoms. The van der Waals surface area contributed by atoms with Crippen LogP contribution in [0.3, 0.4) is 0 Å². The highest BCUT2D eigenvalue weighted by Gasteiger charge is 2.35. The number of pyridine rings is 2. The predicted octanol–water partition coefficient (Wildman–Crippen LogP) is 7.10. The van der Waals surface area contributed by atoms with E-state index < -0.39 is 20.5 Å². The first-order chi connectivity index (χ1) is 20.1. The third-order valence-electron chi connectivity index (χ3n) is 6.97. The number of rotatable bonds is 12. The Hall–Kier alpha value is -4.04. The molecule has 4 rings (SSSR count). The molecule has 9 nitrogen and oxygen atoms in total. The van der Waals surface area contributed by atoms with Crippen LogP contribution in [-0.4, -0.2) is 34.4 Å². The highest BCUT2D eigenvalue weighted by Crippen LogP contribution is 2.44. The highest BCUT2D eigenvalue weighted by molar-refractivity contribution is 7.33. The van der Waals surface area contributed by atoms with E-state index >= 15 is 0 Å². The van der Waals surface area contributed by atoms with Gasteiger partial charge in [-0.3, -0.25) is 9.97 Å². The molecule has 0 amide bonds. The number of aromatic hydroxyl groups is 2. The molecule has 0 bridgehead atoms. The topological polar surface area (TPSA) is 120 Å². The number of ether oxygens (including phenoxy) is 2. The number of nitrogens with zero attached hydrogens (tertiary/aromatic N) is 2. The third-order valence-corrected chi connectivity index (χ3v) is 7.83. The molecule has 0 aliphatic heterocycles. The van der Waals surface area contributed by atoms with Gasteiger partial charge in [-0.15, -0.1) is 9.05 Å². The number of phenolic OH excluding ortho intramolecular Hbond substituents is 2. The van der Waals surface area contributed by atoms with Crippen LogP contribution in [0.2, 0.25) is 0 Å². The van der Waals surface area contributed by atoms with Crippen LogP contribution in [0.15, 0.2) is 60.9 Å². The summed E-state index contributed by atoms with van der Waals surface area (Å²) in [5.41, 5.74) is 6.01. The highest BCUT2D eigenvalue weighted by atomic mass is 31.1. The molecule has 2 aromatic heterocycles. The molecule has 0 aliphatic rings. The van der Waals surface area contributed by atoms with E-state index in [4.69, 9.17) is 18.5 Å². The minimum Gasteiger partial charge on any atom is -0.504 e. The van der Waals surface area contributed by atoms with Gasteiger partial charge in [0.25, 0.3) is 0 Å². The zero-order chi connectivity index (χ0) is 30.4. The molecule has 2 N–H and O–H groups in total. The van der Waals surface area contributed by atoms with Gasteiger partial charge < -0.3 is 19.7 Å². The quantitative estimate of drug-likeness (QED) is 0.166. The Morgan fingerprint density at radius 3 is 1.43 bits per heavy atom. The maximum atomic E-state index is 13.6. The maximum Gasteiger partial charge on any atom is 0.698 e. The number of methoxy groups -OCH3 is 2. The largest absolute Gasteiger partial charge is 0.698 e. The molecule has 0 spiro atoms. The van der Waals surface area contributed by atoms with E-state index in [0.717, 1.165) is 22.5 Å². The molecule has 220 valence electrons. The second kappa shape index (κ2) is 13.7. The number of hydrogen-bond donors (Lipinski definition) is 2. The van der Waals surface area contributed by atoms with Crippen molar-refractivity contribution in [2.75, 3.05) is 14.2 Å². The van der Waals surface area contributed by atoms with Crippen molar-refractivity contribution in [2.24, 2.45) is 0 Å². The number of phenols is 2. The number of benzene rings is 2. The van der Waals surface area contributed by atoms with Gasteiger partial charge >= 0.3 is 8.25 Å². The van der Waals surface area contributed by atoms with Crippen LogP contribution in [0.25, 0.3) is 0 Å². The fourth-order valence-electron chi connectivity index (χ4n) is 4.56. The Bertz CT molecular complexity index is 1430. The van der Waals surface area contributed by atoms with Crippen molar-refractivity contribution in [3.8, 4) is 23.0 Å². The van der Waals surface area contributed by atoms with Gasteiger partial charge in [0.05, 0.1) is 14.2 Å². The van der Waals surface area contributed by atoms with E-state index in [1.807, 2.05) is 38.1 Å². The Kier molecular flexibility index (Phi) is 10.1. The van der Waals surface area contributed by atoms with E-state index in [1.165, 1.54) is 14.2 Å². The Balaban J connectivity index is 1.67. The summed E-state index contributed by atoms with van der Waals surface area (Å²) in [6, 6.07) is 14.6.